The molecular weight excluding hydrogens is 138 g/mol. The number of hydrogen-bond donors (Lipinski definition) is 1. The van der Waals surface area contributed by atoms with E-state index in [4.69, 9.17) is 0 Å². The number of hydrogen-bond acceptors (Lipinski definition) is 3. The Morgan fingerprint density at radius 2 is 2.36 bits per heavy atom. The molecule has 3 nitrogen and oxygen atoms in total. The predicted octanol–water partition coefficient (Wildman–Crippen LogP) is 1.38. The maximum atomic E-state index is 3.91. The van der Waals surface area contributed by atoms with Gasteiger partial charge in [-0.25, -0.2) is 0 Å². The van der Waals surface area contributed by atoms with Gasteiger partial charge in [0.05, 0.1) is 5.69 Å². The van der Waals surface area contributed by atoms with Crippen molar-refractivity contribution in [3.63, 3.8) is 0 Å². The van der Waals surface area contributed by atoms with Gasteiger partial charge in [-0.05, 0) is 19.1 Å². The highest BCUT2D eigenvalue weighted by molar-refractivity contribution is 5.33. The summed E-state index contributed by atoms with van der Waals surface area (Å²) >= 11 is 0. The first-order chi connectivity index (χ1) is 5.33. The van der Waals surface area contributed by atoms with E-state index in [0.717, 1.165) is 18.1 Å². The van der Waals surface area contributed by atoms with Crippen LogP contribution in [0.4, 0.5) is 5.82 Å². The normalized spacial score (nSPS) is 9.18. The zero-order valence-electron chi connectivity index (χ0n) is 6.54. The van der Waals surface area contributed by atoms with Crippen LogP contribution in [0.2, 0.25) is 0 Å². The summed E-state index contributed by atoms with van der Waals surface area (Å²) in [5, 5.41) is 10.8. The SMILES string of the molecule is C=CCNc1ccc(C)nn1. The van der Waals surface area contributed by atoms with Crippen LogP contribution < -0.4 is 5.32 Å². The Morgan fingerprint density at radius 3 is 2.91 bits per heavy atom. The smallest absolute Gasteiger partial charge is 0.148 e. The molecule has 1 heterocycles. The van der Waals surface area contributed by atoms with E-state index in [1.54, 1.807) is 6.08 Å². The molecule has 58 valence electrons. The second-order valence-electron chi connectivity index (χ2n) is 2.23. The van der Waals surface area contributed by atoms with Crippen molar-refractivity contribution >= 4 is 5.82 Å². The van der Waals surface area contributed by atoms with Gasteiger partial charge in [0.25, 0.3) is 0 Å². The third-order valence-electron chi connectivity index (χ3n) is 1.23. The van der Waals surface area contributed by atoms with Crippen molar-refractivity contribution < 1.29 is 0 Å². The van der Waals surface area contributed by atoms with Gasteiger partial charge in [0, 0.05) is 6.54 Å². The Bertz CT molecular complexity index is 228. The Balaban J connectivity index is 2.58. The first kappa shape index (κ1) is 7.72. The maximum Gasteiger partial charge on any atom is 0.148 e. The summed E-state index contributed by atoms with van der Waals surface area (Å²) < 4.78 is 0. The lowest BCUT2D eigenvalue weighted by Gasteiger charge is -1.99. The highest BCUT2D eigenvalue weighted by atomic mass is 15.2. The summed E-state index contributed by atoms with van der Waals surface area (Å²) in [5.41, 5.74) is 0.925. The van der Waals surface area contributed by atoms with Crippen LogP contribution in [-0.4, -0.2) is 16.7 Å². The van der Waals surface area contributed by atoms with E-state index in [9.17, 15) is 0 Å². The lowest BCUT2D eigenvalue weighted by Crippen LogP contribution is -2.01. The van der Waals surface area contributed by atoms with Gasteiger partial charge >= 0.3 is 0 Å². The first-order valence-electron chi connectivity index (χ1n) is 3.48. The molecule has 0 radical (unpaired) electrons. The molecule has 0 aromatic carbocycles. The highest BCUT2D eigenvalue weighted by Crippen LogP contribution is 1.99. The van der Waals surface area contributed by atoms with Gasteiger partial charge in [-0.3, -0.25) is 0 Å². The second kappa shape index (κ2) is 3.71. The van der Waals surface area contributed by atoms with E-state index < -0.39 is 0 Å². The van der Waals surface area contributed by atoms with E-state index in [1.165, 1.54) is 0 Å². The number of rotatable bonds is 3. The van der Waals surface area contributed by atoms with Gasteiger partial charge in [0.1, 0.15) is 5.82 Å². The molecule has 1 aromatic heterocycles. The Hall–Kier alpha value is -1.38. The molecule has 1 N–H and O–H groups in total. The quantitative estimate of drug-likeness (QED) is 0.660. The van der Waals surface area contributed by atoms with Gasteiger partial charge < -0.3 is 5.32 Å². The molecule has 0 bridgehead atoms. The zero-order chi connectivity index (χ0) is 8.10. The van der Waals surface area contributed by atoms with E-state index in [-0.39, 0.29) is 0 Å². The fourth-order valence-corrected chi connectivity index (χ4v) is 0.670. The molecule has 11 heavy (non-hydrogen) atoms. The van der Waals surface area contributed by atoms with Crippen molar-refractivity contribution in [1.29, 1.82) is 0 Å². The molecule has 3 heteroatoms. The largest absolute Gasteiger partial charge is 0.365 e. The lowest BCUT2D eigenvalue weighted by atomic mass is 10.4. The molecule has 1 rings (SSSR count). The van der Waals surface area contributed by atoms with Crippen LogP contribution in [0.25, 0.3) is 0 Å². The Morgan fingerprint density at radius 1 is 1.55 bits per heavy atom. The minimum Gasteiger partial charge on any atom is -0.365 e. The average molecular weight is 149 g/mol. The van der Waals surface area contributed by atoms with Crippen LogP contribution in [0.5, 0.6) is 0 Å². The van der Waals surface area contributed by atoms with E-state index in [1.807, 2.05) is 19.1 Å². The lowest BCUT2D eigenvalue weighted by molar-refractivity contribution is 0.976. The fourth-order valence-electron chi connectivity index (χ4n) is 0.670. The third-order valence-corrected chi connectivity index (χ3v) is 1.23. The van der Waals surface area contributed by atoms with Crippen LogP contribution in [0.3, 0.4) is 0 Å². The third kappa shape index (κ3) is 2.37. The van der Waals surface area contributed by atoms with E-state index in [2.05, 4.69) is 22.1 Å². The number of aryl methyl sites for hydroxylation is 1. The summed E-state index contributed by atoms with van der Waals surface area (Å²) in [4.78, 5) is 0. The number of nitrogens with zero attached hydrogens (tertiary/aromatic N) is 2. The molecule has 0 unspecified atom stereocenters. The van der Waals surface area contributed by atoms with Gasteiger partial charge in [-0.1, -0.05) is 6.08 Å². The number of aromatic nitrogens is 2. The van der Waals surface area contributed by atoms with Crippen molar-refractivity contribution in [2.24, 2.45) is 0 Å². The molecule has 0 atom stereocenters. The molecule has 0 saturated carbocycles. The van der Waals surface area contributed by atoms with Crippen LogP contribution in [0, 0.1) is 6.92 Å². The van der Waals surface area contributed by atoms with Gasteiger partial charge in [0.15, 0.2) is 0 Å². The van der Waals surface area contributed by atoms with Crippen LogP contribution in [0.15, 0.2) is 24.8 Å². The summed E-state index contributed by atoms with van der Waals surface area (Å²) in [6.07, 6.45) is 1.78. The molecule has 0 aliphatic rings. The first-order valence-corrected chi connectivity index (χ1v) is 3.48. The molecule has 0 saturated heterocycles. The molecule has 0 fully saturated rings. The van der Waals surface area contributed by atoms with Crippen molar-refractivity contribution in [2.45, 2.75) is 6.92 Å². The van der Waals surface area contributed by atoms with Crippen LogP contribution in [-0.2, 0) is 0 Å². The molecular formula is C8H11N3. The van der Waals surface area contributed by atoms with E-state index in [0.29, 0.717) is 0 Å². The molecule has 0 spiro atoms. The molecule has 0 aliphatic carbocycles. The minimum absolute atomic E-state index is 0.720. The second-order valence-corrected chi connectivity index (χ2v) is 2.23. The van der Waals surface area contributed by atoms with Crippen molar-refractivity contribution in [3.8, 4) is 0 Å². The number of anilines is 1. The van der Waals surface area contributed by atoms with Crippen LogP contribution in [0.1, 0.15) is 5.69 Å². The summed E-state index contributed by atoms with van der Waals surface area (Å²) in [6.45, 7) is 6.21. The fraction of sp³-hybridized carbons (Fsp3) is 0.250. The van der Waals surface area contributed by atoms with E-state index >= 15 is 0 Å². The van der Waals surface area contributed by atoms with Crippen LogP contribution >= 0.6 is 0 Å². The Kier molecular flexibility index (Phi) is 2.60. The predicted molar refractivity (Wildman–Crippen MR) is 45.5 cm³/mol. The minimum atomic E-state index is 0.720. The monoisotopic (exact) mass is 149 g/mol. The van der Waals surface area contributed by atoms with Gasteiger partial charge in [0.2, 0.25) is 0 Å². The summed E-state index contributed by atoms with van der Waals surface area (Å²) in [7, 11) is 0. The topological polar surface area (TPSA) is 37.8 Å². The van der Waals surface area contributed by atoms with Crippen molar-refractivity contribution in [3.05, 3.63) is 30.5 Å². The van der Waals surface area contributed by atoms with Gasteiger partial charge in [-0.15, -0.1) is 11.7 Å². The highest BCUT2D eigenvalue weighted by Gasteiger charge is 1.89. The number of nitrogens with one attached hydrogen (secondary N) is 1. The maximum absolute atomic E-state index is 3.91. The van der Waals surface area contributed by atoms with Crippen molar-refractivity contribution in [1.82, 2.24) is 10.2 Å². The summed E-state index contributed by atoms with van der Waals surface area (Å²) in [5.74, 6) is 0.788. The molecule has 1 aromatic rings. The summed E-state index contributed by atoms with van der Waals surface area (Å²) in [6, 6.07) is 3.81. The molecule has 0 aliphatic heterocycles. The Labute approximate surface area is 66.2 Å². The van der Waals surface area contributed by atoms with Gasteiger partial charge in [-0.2, -0.15) is 5.10 Å². The average Bonchev–Trinajstić information content (AvgIpc) is 2.04. The molecule has 0 amide bonds. The standard InChI is InChI=1S/C8H11N3/c1-3-6-9-8-5-4-7(2)10-11-8/h3-5H,1,6H2,2H3,(H,9,11). The zero-order valence-corrected chi connectivity index (χ0v) is 6.54. The van der Waals surface area contributed by atoms with Crippen molar-refractivity contribution in [2.75, 3.05) is 11.9 Å².